The lowest BCUT2D eigenvalue weighted by atomic mass is 10.1. The molecule has 0 aromatic heterocycles. The normalized spacial score (nSPS) is 18.8. The molecule has 0 aliphatic carbocycles. The van der Waals surface area contributed by atoms with Crippen molar-refractivity contribution in [2.75, 3.05) is 26.2 Å². The van der Waals surface area contributed by atoms with Crippen LogP contribution in [0.15, 0.2) is 0 Å². The van der Waals surface area contributed by atoms with Gasteiger partial charge in [-0.15, -0.1) is 0 Å². The van der Waals surface area contributed by atoms with Crippen LogP contribution in [0.4, 0.5) is 0 Å². The quantitative estimate of drug-likeness (QED) is 0.669. The molecule has 0 aromatic rings. The van der Waals surface area contributed by atoms with E-state index in [0.717, 1.165) is 12.0 Å². The van der Waals surface area contributed by atoms with Gasteiger partial charge in [0.15, 0.2) is 0 Å². The molecule has 72 valence electrons. The molecule has 0 saturated carbocycles. The zero-order valence-electron chi connectivity index (χ0n) is 8.64. The Hall–Kier alpha value is -0.0800. The van der Waals surface area contributed by atoms with Crippen molar-refractivity contribution < 1.29 is 0 Å². The molecular weight excluding hydrogens is 148 g/mol. The second-order valence-electron chi connectivity index (χ2n) is 4.12. The van der Waals surface area contributed by atoms with Crippen LogP contribution in [0.25, 0.3) is 0 Å². The first-order chi connectivity index (χ1) is 5.74. The van der Waals surface area contributed by atoms with E-state index in [4.69, 9.17) is 0 Å². The topological polar surface area (TPSA) is 15.3 Å². The van der Waals surface area contributed by atoms with Crippen molar-refractivity contribution in [2.24, 2.45) is 5.92 Å². The van der Waals surface area contributed by atoms with Crippen LogP contribution in [0.2, 0.25) is 0 Å². The van der Waals surface area contributed by atoms with Gasteiger partial charge in [-0.3, -0.25) is 4.90 Å². The maximum absolute atomic E-state index is 3.32. The highest BCUT2D eigenvalue weighted by molar-refractivity contribution is 4.83. The highest BCUT2D eigenvalue weighted by Crippen LogP contribution is 2.08. The van der Waals surface area contributed by atoms with Gasteiger partial charge in [0.25, 0.3) is 0 Å². The molecule has 0 amide bonds. The third kappa shape index (κ3) is 2.76. The minimum absolute atomic E-state index is 0.828. The Morgan fingerprint density at radius 3 is 2.42 bits per heavy atom. The van der Waals surface area contributed by atoms with Crippen molar-refractivity contribution in [2.45, 2.75) is 33.2 Å². The summed E-state index contributed by atoms with van der Waals surface area (Å²) in [5.74, 6) is 0.840. The largest absolute Gasteiger partial charge is 0.314 e. The molecule has 1 aliphatic heterocycles. The Kier molecular flexibility index (Phi) is 4.02. The molecular formula is C10H22N2. The lowest BCUT2D eigenvalue weighted by Crippen LogP contribution is -2.57. The van der Waals surface area contributed by atoms with E-state index in [1.165, 1.54) is 32.6 Å². The molecule has 1 fully saturated rings. The maximum atomic E-state index is 3.32. The molecule has 2 nitrogen and oxygen atoms in total. The molecule has 0 radical (unpaired) electrons. The fourth-order valence-electron chi connectivity index (χ4n) is 1.55. The van der Waals surface area contributed by atoms with Gasteiger partial charge in [-0.1, -0.05) is 20.8 Å². The second kappa shape index (κ2) is 4.83. The van der Waals surface area contributed by atoms with Gasteiger partial charge in [0.2, 0.25) is 0 Å². The summed E-state index contributed by atoms with van der Waals surface area (Å²) in [6.45, 7) is 11.7. The van der Waals surface area contributed by atoms with E-state index in [2.05, 4.69) is 31.0 Å². The zero-order chi connectivity index (χ0) is 8.97. The molecule has 1 rings (SSSR count). The number of hydrogen-bond donors (Lipinski definition) is 1. The lowest BCUT2D eigenvalue weighted by molar-refractivity contribution is 0.146. The Balaban J connectivity index is 2.15. The summed E-state index contributed by atoms with van der Waals surface area (Å²) in [5.41, 5.74) is 0. The molecule has 2 heteroatoms. The Morgan fingerprint density at radius 2 is 2.08 bits per heavy atom. The van der Waals surface area contributed by atoms with Gasteiger partial charge in [0, 0.05) is 19.1 Å². The SMILES string of the molecule is CCN(CCC(C)C)C1CNC1. The van der Waals surface area contributed by atoms with Gasteiger partial charge in [0.05, 0.1) is 0 Å². The number of rotatable bonds is 5. The van der Waals surface area contributed by atoms with Gasteiger partial charge in [-0.05, 0) is 25.4 Å². The number of likely N-dealkylation sites (N-methyl/N-ethyl adjacent to an activating group) is 1. The fraction of sp³-hybridized carbons (Fsp3) is 1.00. The van der Waals surface area contributed by atoms with E-state index in [-0.39, 0.29) is 0 Å². The number of hydrogen-bond acceptors (Lipinski definition) is 2. The van der Waals surface area contributed by atoms with Crippen molar-refractivity contribution in [3.05, 3.63) is 0 Å². The van der Waals surface area contributed by atoms with Crippen molar-refractivity contribution in [1.29, 1.82) is 0 Å². The summed E-state index contributed by atoms with van der Waals surface area (Å²) in [6.07, 6.45) is 1.34. The van der Waals surface area contributed by atoms with E-state index in [9.17, 15) is 0 Å². The molecule has 0 bridgehead atoms. The third-order valence-corrected chi connectivity index (χ3v) is 2.68. The smallest absolute Gasteiger partial charge is 0.0345 e. The molecule has 0 atom stereocenters. The van der Waals surface area contributed by atoms with Gasteiger partial charge in [-0.25, -0.2) is 0 Å². The maximum Gasteiger partial charge on any atom is 0.0345 e. The predicted molar refractivity (Wildman–Crippen MR) is 53.4 cm³/mol. The number of nitrogens with one attached hydrogen (secondary N) is 1. The first kappa shape index (κ1) is 10.0. The van der Waals surface area contributed by atoms with Gasteiger partial charge >= 0.3 is 0 Å². The van der Waals surface area contributed by atoms with Gasteiger partial charge in [0.1, 0.15) is 0 Å². The predicted octanol–water partition coefficient (Wildman–Crippen LogP) is 1.33. The van der Waals surface area contributed by atoms with E-state index in [0.29, 0.717) is 0 Å². The summed E-state index contributed by atoms with van der Waals surface area (Å²) in [5, 5.41) is 3.32. The van der Waals surface area contributed by atoms with Crippen LogP contribution < -0.4 is 5.32 Å². The molecule has 1 heterocycles. The van der Waals surface area contributed by atoms with Crippen molar-refractivity contribution in [3.63, 3.8) is 0 Å². The average Bonchev–Trinajstić information content (AvgIpc) is 1.93. The molecule has 0 unspecified atom stereocenters. The third-order valence-electron chi connectivity index (χ3n) is 2.68. The highest BCUT2D eigenvalue weighted by atomic mass is 15.2. The first-order valence-electron chi connectivity index (χ1n) is 5.18. The van der Waals surface area contributed by atoms with Crippen LogP contribution in [0.5, 0.6) is 0 Å². The Morgan fingerprint density at radius 1 is 1.42 bits per heavy atom. The van der Waals surface area contributed by atoms with Crippen LogP contribution in [0.1, 0.15) is 27.2 Å². The minimum Gasteiger partial charge on any atom is -0.314 e. The first-order valence-corrected chi connectivity index (χ1v) is 5.18. The summed E-state index contributed by atoms with van der Waals surface area (Å²) < 4.78 is 0. The van der Waals surface area contributed by atoms with E-state index >= 15 is 0 Å². The van der Waals surface area contributed by atoms with Crippen LogP contribution in [0, 0.1) is 5.92 Å². The monoisotopic (exact) mass is 170 g/mol. The van der Waals surface area contributed by atoms with Crippen molar-refractivity contribution >= 4 is 0 Å². The van der Waals surface area contributed by atoms with Crippen molar-refractivity contribution in [1.82, 2.24) is 10.2 Å². The molecule has 1 saturated heterocycles. The zero-order valence-corrected chi connectivity index (χ0v) is 8.64. The van der Waals surface area contributed by atoms with Crippen LogP contribution in [-0.4, -0.2) is 37.1 Å². The highest BCUT2D eigenvalue weighted by Gasteiger charge is 2.22. The van der Waals surface area contributed by atoms with E-state index in [1.54, 1.807) is 0 Å². The van der Waals surface area contributed by atoms with Gasteiger partial charge in [-0.2, -0.15) is 0 Å². The Bertz CT molecular complexity index is 119. The van der Waals surface area contributed by atoms with Crippen LogP contribution >= 0.6 is 0 Å². The minimum atomic E-state index is 0.828. The standard InChI is InChI=1S/C10H22N2/c1-4-12(6-5-9(2)3)10-7-11-8-10/h9-11H,4-8H2,1-3H3. The molecule has 0 aromatic carbocycles. The van der Waals surface area contributed by atoms with Crippen molar-refractivity contribution in [3.8, 4) is 0 Å². The van der Waals surface area contributed by atoms with Crippen LogP contribution in [-0.2, 0) is 0 Å². The lowest BCUT2D eigenvalue weighted by Gasteiger charge is -2.38. The second-order valence-corrected chi connectivity index (χ2v) is 4.12. The molecule has 1 N–H and O–H groups in total. The molecule has 12 heavy (non-hydrogen) atoms. The van der Waals surface area contributed by atoms with E-state index < -0.39 is 0 Å². The Labute approximate surface area is 76.3 Å². The number of nitrogens with zero attached hydrogens (tertiary/aromatic N) is 1. The van der Waals surface area contributed by atoms with Crippen LogP contribution in [0.3, 0.4) is 0 Å². The summed E-state index contributed by atoms with van der Waals surface area (Å²) in [6, 6.07) is 0.828. The summed E-state index contributed by atoms with van der Waals surface area (Å²) >= 11 is 0. The molecule has 0 spiro atoms. The average molecular weight is 170 g/mol. The summed E-state index contributed by atoms with van der Waals surface area (Å²) in [7, 11) is 0. The summed E-state index contributed by atoms with van der Waals surface area (Å²) in [4.78, 5) is 2.59. The fourth-order valence-corrected chi connectivity index (χ4v) is 1.55. The van der Waals surface area contributed by atoms with E-state index in [1.807, 2.05) is 0 Å². The molecule has 1 aliphatic rings. The van der Waals surface area contributed by atoms with Gasteiger partial charge < -0.3 is 5.32 Å².